The van der Waals surface area contributed by atoms with E-state index < -0.39 is 11.2 Å². The van der Waals surface area contributed by atoms with Crippen molar-refractivity contribution in [2.24, 2.45) is 0 Å². The van der Waals surface area contributed by atoms with Crippen molar-refractivity contribution in [2.45, 2.75) is 19.4 Å². The van der Waals surface area contributed by atoms with Gasteiger partial charge in [-0.25, -0.2) is 0 Å². The van der Waals surface area contributed by atoms with Gasteiger partial charge in [-0.1, -0.05) is 12.1 Å². The quantitative estimate of drug-likeness (QED) is 0.573. The van der Waals surface area contributed by atoms with Crippen LogP contribution in [0.2, 0.25) is 0 Å². The molecule has 1 amide bonds. The van der Waals surface area contributed by atoms with Gasteiger partial charge < -0.3 is 15.3 Å². The lowest BCUT2D eigenvalue weighted by Gasteiger charge is -2.10. The van der Waals surface area contributed by atoms with Crippen LogP contribution in [0.15, 0.2) is 24.3 Å². The molecule has 2 N–H and O–H groups in total. The second-order valence-corrected chi connectivity index (χ2v) is 3.79. The number of nitrogens with one attached hydrogen (secondary N) is 1. The minimum Gasteiger partial charge on any atom is -0.508 e. The number of carbonyl (C=O) groups excluding carboxylic acids is 1. The second kappa shape index (κ2) is 6.43. The molecule has 0 aliphatic heterocycles. The van der Waals surface area contributed by atoms with E-state index in [1.165, 1.54) is 19.1 Å². The van der Waals surface area contributed by atoms with Crippen LogP contribution in [0.5, 0.6) is 5.75 Å². The van der Waals surface area contributed by atoms with Gasteiger partial charge in [-0.15, -0.1) is 10.1 Å². The van der Waals surface area contributed by atoms with Crippen molar-refractivity contribution in [1.82, 2.24) is 5.32 Å². The van der Waals surface area contributed by atoms with Crippen molar-refractivity contribution < 1.29 is 19.8 Å². The molecule has 18 heavy (non-hydrogen) atoms. The lowest BCUT2D eigenvalue weighted by atomic mass is 10.1. The Bertz CT molecular complexity index is 418. The van der Waals surface area contributed by atoms with Crippen LogP contribution in [0.25, 0.3) is 0 Å². The standard InChI is InChI=1S/C11H14N2O5/c1-8(18-13(16)17)7-12-11(15)6-9-2-4-10(14)5-3-9/h2-5,8,14H,6-7H2,1H3,(H,12,15). The molecule has 0 aliphatic carbocycles. The summed E-state index contributed by atoms with van der Waals surface area (Å²) in [6.07, 6.45) is -0.547. The molecule has 1 aromatic carbocycles. The first-order valence-corrected chi connectivity index (χ1v) is 5.33. The molecule has 7 nitrogen and oxygen atoms in total. The van der Waals surface area contributed by atoms with Gasteiger partial charge in [0.25, 0.3) is 5.09 Å². The van der Waals surface area contributed by atoms with Crippen LogP contribution < -0.4 is 5.32 Å². The summed E-state index contributed by atoms with van der Waals surface area (Å²) in [6, 6.07) is 6.24. The highest BCUT2D eigenvalue weighted by atomic mass is 17.0. The Balaban J connectivity index is 2.33. The molecule has 1 atom stereocenters. The number of phenols is 1. The first-order valence-electron chi connectivity index (χ1n) is 5.33. The zero-order chi connectivity index (χ0) is 13.5. The Hall–Kier alpha value is -2.31. The molecule has 1 rings (SSSR count). The van der Waals surface area contributed by atoms with E-state index in [-0.39, 0.29) is 24.6 Å². The van der Waals surface area contributed by atoms with Gasteiger partial charge in [0, 0.05) is 6.54 Å². The lowest BCUT2D eigenvalue weighted by Crippen LogP contribution is -2.34. The second-order valence-electron chi connectivity index (χ2n) is 3.79. The minimum absolute atomic E-state index is 0.0674. The predicted molar refractivity (Wildman–Crippen MR) is 62.4 cm³/mol. The molecule has 0 fully saturated rings. The van der Waals surface area contributed by atoms with Gasteiger partial charge in [0.2, 0.25) is 5.91 Å². The van der Waals surface area contributed by atoms with Crippen LogP contribution in [0.1, 0.15) is 12.5 Å². The summed E-state index contributed by atoms with van der Waals surface area (Å²) in [7, 11) is 0. The van der Waals surface area contributed by atoms with Crippen LogP contribution >= 0.6 is 0 Å². The fraction of sp³-hybridized carbons (Fsp3) is 0.364. The van der Waals surface area contributed by atoms with Gasteiger partial charge in [-0.2, -0.15) is 0 Å². The first-order chi connectivity index (χ1) is 8.47. The third kappa shape index (κ3) is 5.15. The van der Waals surface area contributed by atoms with Crippen LogP contribution in [-0.2, 0) is 16.1 Å². The molecule has 0 aromatic heterocycles. The summed E-state index contributed by atoms with van der Waals surface area (Å²) in [6.45, 7) is 1.56. The molecule has 0 spiro atoms. The number of benzene rings is 1. The van der Waals surface area contributed by atoms with Crippen LogP contribution in [0, 0.1) is 10.1 Å². The molecule has 0 bridgehead atoms. The maximum Gasteiger partial charge on any atom is 0.294 e. The summed E-state index contributed by atoms with van der Waals surface area (Å²) >= 11 is 0. The smallest absolute Gasteiger partial charge is 0.294 e. The largest absolute Gasteiger partial charge is 0.508 e. The maximum absolute atomic E-state index is 11.5. The molecule has 0 saturated carbocycles. The zero-order valence-corrected chi connectivity index (χ0v) is 9.83. The van der Waals surface area contributed by atoms with Crippen molar-refractivity contribution in [2.75, 3.05) is 6.54 Å². The average molecular weight is 254 g/mol. The third-order valence-electron chi connectivity index (χ3n) is 2.15. The van der Waals surface area contributed by atoms with Crippen molar-refractivity contribution in [3.8, 4) is 5.75 Å². The number of nitrogens with zero attached hydrogens (tertiary/aromatic N) is 1. The number of hydrogen-bond acceptors (Lipinski definition) is 5. The first kappa shape index (κ1) is 13.8. The van der Waals surface area contributed by atoms with Gasteiger partial charge in [0.15, 0.2) is 0 Å². The molecule has 7 heteroatoms. The predicted octanol–water partition coefficient (Wildman–Crippen LogP) is 0.648. The molecular formula is C11H14N2O5. The highest BCUT2D eigenvalue weighted by Gasteiger charge is 2.09. The summed E-state index contributed by atoms with van der Waals surface area (Å²) in [5, 5.41) is 20.7. The van der Waals surface area contributed by atoms with E-state index in [1.54, 1.807) is 12.1 Å². The number of hydrogen-bond donors (Lipinski definition) is 2. The van der Waals surface area contributed by atoms with E-state index >= 15 is 0 Å². The topological polar surface area (TPSA) is 102 Å². The fourth-order valence-electron chi connectivity index (χ4n) is 1.30. The van der Waals surface area contributed by atoms with Gasteiger partial charge in [0.05, 0.1) is 6.42 Å². The molecule has 1 unspecified atom stereocenters. The molecule has 0 heterocycles. The summed E-state index contributed by atoms with van der Waals surface area (Å²) < 4.78 is 0. The number of aromatic hydroxyl groups is 1. The summed E-state index contributed by atoms with van der Waals surface area (Å²) in [5.74, 6) is -0.133. The van der Waals surface area contributed by atoms with E-state index in [4.69, 9.17) is 5.11 Å². The van der Waals surface area contributed by atoms with E-state index in [1.807, 2.05) is 0 Å². The van der Waals surface area contributed by atoms with Crippen LogP contribution in [-0.4, -0.2) is 28.7 Å². The highest BCUT2D eigenvalue weighted by Crippen LogP contribution is 2.09. The van der Waals surface area contributed by atoms with Crippen LogP contribution in [0.3, 0.4) is 0 Å². The van der Waals surface area contributed by atoms with E-state index in [9.17, 15) is 14.9 Å². The SMILES string of the molecule is CC(CNC(=O)Cc1ccc(O)cc1)O[N+](=O)[O-]. The van der Waals surface area contributed by atoms with Crippen molar-refractivity contribution in [3.05, 3.63) is 39.9 Å². The van der Waals surface area contributed by atoms with E-state index in [0.29, 0.717) is 0 Å². The minimum atomic E-state index is -0.892. The Kier molecular flexibility index (Phi) is 4.91. The number of phenolic OH excluding ortho intramolecular Hbond substituents is 1. The number of carbonyl (C=O) groups is 1. The average Bonchev–Trinajstić information content (AvgIpc) is 2.29. The van der Waals surface area contributed by atoms with Crippen molar-refractivity contribution in [1.29, 1.82) is 0 Å². The van der Waals surface area contributed by atoms with Gasteiger partial charge >= 0.3 is 0 Å². The Morgan fingerprint density at radius 3 is 2.67 bits per heavy atom. The van der Waals surface area contributed by atoms with Gasteiger partial charge in [-0.3, -0.25) is 4.79 Å². The molecule has 1 aromatic rings. The molecule has 0 radical (unpaired) electrons. The molecule has 0 saturated heterocycles. The highest BCUT2D eigenvalue weighted by molar-refractivity contribution is 5.78. The van der Waals surface area contributed by atoms with Crippen LogP contribution in [0.4, 0.5) is 0 Å². The molecule has 98 valence electrons. The van der Waals surface area contributed by atoms with Gasteiger partial charge in [-0.05, 0) is 24.6 Å². The van der Waals surface area contributed by atoms with Gasteiger partial charge in [0.1, 0.15) is 11.9 Å². The summed E-state index contributed by atoms with van der Waals surface area (Å²) in [4.78, 5) is 25.8. The zero-order valence-electron chi connectivity index (χ0n) is 9.83. The Morgan fingerprint density at radius 2 is 2.11 bits per heavy atom. The van der Waals surface area contributed by atoms with E-state index in [0.717, 1.165) is 5.56 Å². The molecule has 0 aliphatic rings. The van der Waals surface area contributed by atoms with Crippen molar-refractivity contribution in [3.63, 3.8) is 0 Å². The number of rotatable bonds is 6. The Morgan fingerprint density at radius 1 is 1.50 bits per heavy atom. The third-order valence-corrected chi connectivity index (χ3v) is 2.15. The fourth-order valence-corrected chi connectivity index (χ4v) is 1.30. The Labute approximate surface area is 103 Å². The van der Waals surface area contributed by atoms with Crippen molar-refractivity contribution >= 4 is 5.91 Å². The normalized spacial score (nSPS) is 11.6. The molecular weight excluding hydrogens is 240 g/mol. The number of amides is 1. The monoisotopic (exact) mass is 254 g/mol. The lowest BCUT2D eigenvalue weighted by molar-refractivity contribution is -0.767. The summed E-state index contributed by atoms with van der Waals surface area (Å²) in [5.41, 5.74) is 0.744. The van der Waals surface area contributed by atoms with E-state index in [2.05, 4.69) is 10.2 Å². The maximum atomic E-state index is 11.5.